The van der Waals surface area contributed by atoms with E-state index < -0.39 is 0 Å². The number of amides is 1. The Hall–Kier alpha value is -2.50. The van der Waals surface area contributed by atoms with Crippen molar-refractivity contribution in [3.8, 4) is 0 Å². The molecule has 0 saturated carbocycles. The maximum Gasteiger partial charge on any atom is 0.274 e. The van der Waals surface area contributed by atoms with Crippen LogP contribution in [0.5, 0.6) is 0 Å². The van der Waals surface area contributed by atoms with Gasteiger partial charge in [-0.25, -0.2) is 0 Å². The summed E-state index contributed by atoms with van der Waals surface area (Å²) in [5.74, 6) is 1.54. The van der Waals surface area contributed by atoms with Crippen molar-refractivity contribution in [3.05, 3.63) is 47.9 Å². The second kappa shape index (κ2) is 8.05. The summed E-state index contributed by atoms with van der Waals surface area (Å²) in [5.41, 5.74) is 1.56. The summed E-state index contributed by atoms with van der Waals surface area (Å²) in [6.07, 6.45) is 6.69. The molecule has 1 saturated heterocycles. The molecule has 1 aliphatic rings. The summed E-state index contributed by atoms with van der Waals surface area (Å²) in [4.78, 5) is 20.4. The molecule has 0 aromatic carbocycles. The van der Waals surface area contributed by atoms with Gasteiger partial charge >= 0.3 is 0 Å². The maximum atomic E-state index is 12.5. The molecule has 0 spiro atoms. The maximum absolute atomic E-state index is 12.5. The van der Waals surface area contributed by atoms with Gasteiger partial charge in [0.25, 0.3) is 5.91 Å². The van der Waals surface area contributed by atoms with Crippen molar-refractivity contribution in [2.24, 2.45) is 5.92 Å². The van der Waals surface area contributed by atoms with Crippen LogP contribution < -0.4 is 4.90 Å². The topological polar surface area (TPSA) is 62.2 Å². The van der Waals surface area contributed by atoms with Crippen molar-refractivity contribution in [3.63, 3.8) is 0 Å². The number of nitrogens with zero attached hydrogens (tertiary/aromatic N) is 5. The van der Waals surface area contributed by atoms with E-state index in [2.05, 4.69) is 27.0 Å². The monoisotopic (exact) mass is 339 g/mol. The third-order valence-corrected chi connectivity index (χ3v) is 4.81. The number of aromatic nitrogens is 3. The first-order chi connectivity index (χ1) is 12.1. The van der Waals surface area contributed by atoms with E-state index in [4.69, 9.17) is 0 Å². The van der Waals surface area contributed by atoms with Gasteiger partial charge in [0.2, 0.25) is 0 Å². The first-order valence-corrected chi connectivity index (χ1v) is 8.86. The van der Waals surface area contributed by atoms with Gasteiger partial charge in [0.15, 0.2) is 11.5 Å². The molecule has 0 N–H and O–H groups in total. The van der Waals surface area contributed by atoms with Gasteiger partial charge in [-0.05, 0) is 55.0 Å². The van der Waals surface area contributed by atoms with E-state index in [-0.39, 0.29) is 5.91 Å². The molecule has 3 heterocycles. The minimum absolute atomic E-state index is 0.0969. The Balaban J connectivity index is 1.56. The summed E-state index contributed by atoms with van der Waals surface area (Å²) in [6.45, 7) is 4.94. The third kappa shape index (κ3) is 4.53. The molecule has 132 valence electrons. The van der Waals surface area contributed by atoms with Gasteiger partial charge in [-0.3, -0.25) is 9.78 Å². The van der Waals surface area contributed by atoms with Crippen LogP contribution in [-0.4, -0.2) is 52.7 Å². The average molecular weight is 339 g/mol. The van der Waals surface area contributed by atoms with Crippen LogP contribution >= 0.6 is 0 Å². The van der Waals surface area contributed by atoms with Crippen LogP contribution in [0.15, 0.2) is 36.7 Å². The van der Waals surface area contributed by atoms with Crippen molar-refractivity contribution in [2.75, 3.05) is 31.6 Å². The minimum Gasteiger partial charge on any atom is -0.355 e. The Morgan fingerprint density at radius 1 is 1.16 bits per heavy atom. The fourth-order valence-electron chi connectivity index (χ4n) is 2.99. The Morgan fingerprint density at radius 3 is 2.52 bits per heavy atom. The molecule has 0 bridgehead atoms. The van der Waals surface area contributed by atoms with Crippen molar-refractivity contribution < 1.29 is 4.79 Å². The molecule has 0 unspecified atom stereocenters. The van der Waals surface area contributed by atoms with Gasteiger partial charge in [-0.2, -0.15) is 0 Å². The quantitative estimate of drug-likeness (QED) is 0.837. The lowest BCUT2D eigenvalue weighted by Crippen LogP contribution is -2.34. The van der Waals surface area contributed by atoms with E-state index in [9.17, 15) is 4.79 Å². The second-order valence-corrected chi connectivity index (χ2v) is 6.78. The van der Waals surface area contributed by atoms with Gasteiger partial charge in [-0.15, -0.1) is 10.2 Å². The lowest BCUT2D eigenvalue weighted by molar-refractivity contribution is 0.0789. The zero-order chi connectivity index (χ0) is 17.6. The van der Waals surface area contributed by atoms with Crippen molar-refractivity contribution in [2.45, 2.75) is 26.2 Å². The van der Waals surface area contributed by atoms with Gasteiger partial charge in [0.05, 0.1) is 0 Å². The minimum atomic E-state index is -0.0969. The fraction of sp³-hybridized carbons (Fsp3) is 0.474. The van der Waals surface area contributed by atoms with Crippen molar-refractivity contribution in [1.82, 2.24) is 20.1 Å². The molecule has 2 aromatic rings. The van der Waals surface area contributed by atoms with Gasteiger partial charge in [0, 0.05) is 39.1 Å². The Labute approximate surface area is 148 Å². The summed E-state index contributed by atoms with van der Waals surface area (Å²) >= 11 is 0. The zero-order valence-corrected chi connectivity index (χ0v) is 14.9. The molecule has 1 aliphatic heterocycles. The highest BCUT2D eigenvalue weighted by molar-refractivity contribution is 5.92. The number of hydrogen-bond acceptors (Lipinski definition) is 5. The van der Waals surface area contributed by atoms with Crippen LogP contribution in [-0.2, 0) is 6.42 Å². The summed E-state index contributed by atoms with van der Waals surface area (Å²) < 4.78 is 0. The van der Waals surface area contributed by atoms with Crippen LogP contribution in [0.1, 0.15) is 35.8 Å². The number of anilines is 1. The number of pyridine rings is 1. The molecule has 3 rings (SSSR count). The number of piperidine rings is 1. The summed E-state index contributed by atoms with van der Waals surface area (Å²) in [6, 6.07) is 7.62. The number of carbonyl (C=O) groups is 1. The molecule has 6 nitrogen and oxygen atoms in total. The van der Waals surface area contributed by atoms with Gasteiger partial charge in [0.1, 0.15) is 0 Å². The van der Waals surface area contributed by atoms with Crippen LogP contribution in [0.4, 0.5) is 5.82 Å². The van der Waals surface area contributed by atoms with Crippen LogP contribution in [0.3, 0.4) is 0 Å². The van der Waals surface area contributed by atoms with E-state index in [1.54, 1.807) is 30.4 Å². The fourth-order valence-corrected chi connectivity index (χ4v) is 2.99. The lowest BCUT2D eigenvalue weighted by Gasteiger charge is -2.30. The normalized spacial score (nSPS) is 15.2. The lowest BCUT2D eigenvalue weighted by atomic mass is 9.99. The Morgan fingerprint density at radius 2 is 1.88 bits per heavy atom. The average Bonchev–Trinajstić information content (AvgIpc) is 2.67. The highest BCUT2D eigenvalue weighted by Crippen LogP contribution is 2.20. The van der Waals surface area contributed by atoms with E-state index in [1.165, 1.54) is 12.8 Å². The van der Waals surface area contributed by atoms with E-state index >= 15 is 0 Å². The number of rotatable bonds is 5. The van der Waals surface area contributed by atoms with Crippen LogP contribution in [0.25, 0.3) is 0 Å². The van der Waals surface area contributed by atoms with Crippen molar-refractivity contribution in [1.29, 1.82) is 0 Å². The summed E-state index contributed by atoms with van der Waals surface area (Å²) in [7, 11) is 1.80. The van der Waals surface area contributed by atoms with Crippen LogP contribution in [0.2, 0.25) is 0 Å². The highest BCUT2D eigenvalue weighted by Gasteiger charge is 2.19. The molecular formula is C19H25N5O. The molecular weight excluding hydrogens is 314 g/mol. The Bertz CT molecular complexity index is 681. The molecule has 0 atom stereocenters. The molecule has 2 aromatic heterocycles. The predicted molar refractivity (Wildman–Crippen MR) is 97.5 cm³/mol. The number of hydrogen-bond donors (Lipinski definition) is 0. The predicted octanol–water partition coefficient (Wildman–Crippen LogP) is 2.42. The Kier molecular flexibility index (Phi) is 5.58. The first kappa shape index (κ1) is 17.3. The summed E-state index contributed by atoms with van der Waals surface area (Å²) in [5, 5.41) is 8.43. The van der Waals surface area contributed by atoms with Crippen LogP contribution in [0, 0.1) is 5.92 Å². The molecule has 0 radical (unpaired) electrons. The molecule has 6 heteroatoms. The number of carbonyl (C=O) groups excluding carboxylic acids is 1. The zero-order valence-electron chi connectivity index (χ0n) is 14.9. The molecule has 1 fully saturated rings. The largest absolute Gasteiger partial charge is 0.355 e. The van der Waals surface area contributed by atoms with E-state index in [1.807, 2.05) is 18.2 Å². The van der Waals surface area contributed by atoms with Gasteiger partial charge in [-0.1, -0.05) is 6.92 Å². The molecule has 25 heavy (non-hydrogen) atoms. The first-order valence-electron chi connectivity index (χ1n) is 8.86. The van der Waals surface area contributed by atoms with E-state index in [0.717, 1.165) is 36.8 Å². The second-order valence-electron chi connectivity index (χ2n) is 6.78. The molecule has 1 amide bonds. The third-order valence-electron chi connectivity index (χ3n) is 4.81. The standard InChI is InChI=1S/C19H25N5O/c1-15-7-13-24(14-8-15)18-4-3-17(21-22-18)19(25)23(2)12-9-16-5-10-20-11-6-16/h3-6,10-11,15H,7-9,12-14H2,1-2H3. The smallest absolute Gasteiger partial charge is 0.274 e. The van der Waals surface area contributed by atoms with Gasteiger partial charge < -0.3 is 9.80 Å². The molecule has 0 aliphatic carbocycles. The number of likely N-dealkylation sites (N-methyl/N-ethyl adjacent to an activating group) is 1. The highest BCUT2D eigenvalue weighted by atomic mass is 16.2. The van der Waals surface area contributed by atoms with E-state index in [0.29, 0.717) is 12.2 Å². The van der Waals surface area contributed by atoms with Crippen molar-refractivity contribution >= 4 is 11.7 Å². The SMILES string of the molecule is CC1CCN(c2ccc(C(=O)N(C)CCc3ccncc3)nn2)CC1.